The average Bonchev–Trinajstić information content (AvgIpc) is 2.27. The lowest BCUT2D eigenvalue weighted by molar-refractivity contribution is -0.383. The molecule has 0 aliphatic heterocycles. The lowest BCUT2D eigenvalue weighted by atomic mass is 10.2. The molecule has 0 bridgehead atoms. The lowest BCUT2D eigenvalue weighted by Crippen LogP contribution is -2.41. The lowest BCUT2D eigenvalue weighted by Gasteiger charge is -2.17. The normalized spacial score (nSPS) is 12.1. The largest absolute Gasteiger partial charge is 0.368 e. The second-order valence-corrected chi connectivity index (χ2v) is 4.83. The molecular weight excluding hydrogens is 270 g/mol. The summed E-state index contributed by atoms with van der Waals surface area (Å²) in [5.74, 6) is -0.232. The molecule has 1 rings (SSSR count). The molecule has 6 nitrogen and oxygen atoms in total. The summed E-state index contributed by atoms with van der Waals surface area (Å²) in [7, 11) is 0. The van der Waals surface area contributed by atoms with Crippen molar-refractivity contribution in [3.8, 4) is 0 Å². The fourth-order valence-electron chi connectivity index (χ4n) is 1.53. The van der Waals surface area contributed by atoms with E-state index in [4.69, 9.17) is 11.6 Å². The van der Waals surface area contributed by atoms with E-state index in [1.807, 2.05) is 13.8 Å². The maximum absolute atomic E-state index is 11.7. The Bertz CT molecular complexity index is 491. The van der Waals surface area contributed by atoms with Gasteiger partial charge in [0, 0.05) is 6.04 Å². The Labute approximate surface area is 116 Å². The van der Waals surface area contributed by atoms with E-state index in [1.165, 1.54) is 12.1 Å². The predicted octanol–water partition coefficient (Wildman–Crippen LogP) is 2.57. The Morgan fingerprint density at radius 1 is 1.37 bits per heavy atom. The van der Waals surface area contributed by atoms with Gasteiger partial charge in [0.25, 0.3) is 0 Å². The summed E-state index contributed by atoms with van der Waals surface area (Å²) in [5.41, 5.74) is -0.00253. The molecule has 19 heavy (non-hydrogen) atoms. The Hall–Kier alpha value is -1.82. The average molecular weight is 286 g/mol. The molecule has 1 amide bonds. The van der Waals surface area contributed by atoms with Gasteiger partial charge in [-0.1, -0.05) is 17.7 Å². The number of carbonyl (C=O) groups excluding carboxylic acids is 1. The number of amides is 1. The van der Waals surface area contributed by atoms with Crippen molar-refractivity contribution in [1.29, 1.82) is 0 Å². The Kier molecular flexibility index (Phi) is 5.11. The molecule has 1 aromatic carbocycles. The highest BCUT2D eigenvalue weighted by atomic mass is 35.5. The molecule has 7 heteroatoms. The number of nitrogens with one attached hydrogen (secondary N) is 2. The first-order valence-electron chi connectivity index (χ1n) is 5.82. The Balaban J connectivity index is 2.91. The van der Waals surface area contributed by atoms with Gasteiger partial charge in [-0.15, -0.1) is 0 Å². The minimum Gasteiger partial charge on any atom is -0.368 e. The number of nitrogens with zero attached hydrogens (tertiary/aromatic N) is 1. The molecule has 0 radical (unpaired) electrons. The molecule has 0 saturated heterocycles. The zero-order valence-electron chi connectivity index (χ0n) is 10.9. The number of benzene rings is 1. The number of hydrogen-bond donors (Lipinski definition) is 2. The van der Waals surface area contributed by atoms with Crippen LogP contribution in [0.1, 0.15) is 20.8 Å². The minimum atomic E-state index is -0.598. The summed E-state index contributed by atoms with van der Waals surface area (Å²) in [6, 6.07) is 3.95. The monoisotopic (exact) mass is 285 g/mol. The third kappa shape index (κ3) is 4.10. The Morgan fingerprint density at radius 3 is 2.53 bits per heavy atom. The van der Waals surface area contributed by atoms with Gasteiger partial charge in [-0.2, -0.15) is 0 Å². The first-order chi connectivity index (χ1) is 8.82. The predicted molar refractivity (Wildman–Crippen MR) is 74.5 cm³/mol. The number of rotatable bonds is 5. The van der Waals surface area contributed by atoms with Crippen LogP contribution >= 0.6 is 11.6 Å². The van der Waals surface area contributed by atoms with Crippen molar-refractivity contribution < 1.29 is 9.72 Å². The number of nitro benzene ring substituents is 1. The van der Waals surface area contributed by atoms with E-state index in [0.717, 1.165) is 0 Å². The third-order valence-corrected chi connectivity index (χ3v) is 2.67. The van der Waals surface area contributed by atoms with Crippen molar-refractivity contribution in [3.05, 3.63) is 33.3 Å². The number of para-hydroxylation sites is 1. The highest BCUT2D eigenvalue weighted by Crippen LogP contribution is 2.32. The summed E-state index contributed by atoms with van der Waals surface area (Å²) in [5, 5.41) is 16.5. The molecule has 0 saturated carbocycles. The van der Waals surface area contributed by atoms with E-state index in [9.17, 15) is 14.9 Å². The van der Waals surface area contributed by atoms with Crippen molar-refractivity contribution in [2.75, 3.05) is 5.32 Å². The van der Waals surface area contributed by atoms with E-state index >= 15 is 0 Å². The van der Waals surface area contributed by atoms with Crippen LogP contribution in [0.2, 0.25) is 5.02 Å². The molecule has 104 valence electrons. The summed E-state index contributed by atoms with van der Waals surface area (Å²) >= 11 is 5.79. The van der Waals surface area contributed by atoms with Crippen LogP contribution < -0.4 is 10.6 Å². The second-order valence-electron chi connectivity index (χ2n) is 4.42. The molecule has 0 aliphatic carbocycles. The molecule has 0 aromatic heterocycles. The summed E-state index contributed by atoms with van der Waals surface area (Å²) < 4.78 is 0. The number of carbonyl (C=O) groups is 1. The highest BCUT2D eigenvalue weighted by Gasteiger charge is 2.22. The second kappa shape index (κ2) is 6.38. The van der Waals surface area contributed by atoms with Gasteiger partial charge in [-0.3, -0.25) is 14.9 Å². The number of hydrogen-bond acceptors (Lipinski definition) is 4. The topological polar surface area (TPSA) is 84.3 Å². The fraction of sp³-hybridized carbons (Fsp3) is 0.417. The molecule has 1 aromatic rings. The maximum atomic E-state index is 11.7. The van der Waals surface area contributed by atoms with Crippen molar-refractivity contribution in [2.24, 2.45) is 0 Å². The molecule has 0 fully saturated rings. The SMILES string of the molecule is CC(C)NC(=O)C(C)Nc1cccc(Cl)c1[N+](=O)[O-]. The van der Waals surface area contributed by atoms with E-state index in [0.29, 0.717) is 0 Å². The number of halogens is 1. The van der Waals surface area contributed by atoms with Gasteiger partial charge in [-0.25, -0.2) is 0 Å². The maximum Gasteiger partial charge on any atom is 0.310 e. The van der Waals surface area contributed by atoms with Crippen molar-refractivity contribution >= 4 is 28.9 Å². The van der Waals surface area contributed by atoms with E-state index in [-0.39, 0.29) is 28.3 Å². The smallest absolute Gasteiger partial charge is 0.310 e. The van der Waals surface area contributed by atoms with E-state index < -0.39 is 11.0 Å². The van der Waals surface area contributed by atoms with Crippen LogP contribution in [0.25, 0.3) is 0 Å². The zero-order chi connectivity index (χ0) is 14.6. The van der Waals surface area contributed by atoms with Gasteiger partial charge in [0.15, 0.2) is 0 Å². The highest BCUT2D eigenvalue weighted by molar-refractivity contribution is 6.33. The van der Waals surface area contributed by atoms with E-state index in [2.05, 4.69) is 10.6 Å². The van der Waals surface area contributed by atoms with Crippen LogP contribution in [0.15, 0.2) is 18.2 Å². The number of nitro groups is 1. The van der Waals surface area contributed by atoms with Crippen LogP contribution in [0, 0.1) is 10.1 Å². The zero-order valence-corrected chi connectivity index (χ0v) is 11.7. The van der Waals surface area contributed by atoms with Crippen LogP contribution in [-0.2, 0) is 4.79 Å². The molecule has 0 aliphatic rings. The standard InChI is InChI=1S/C12H16ClN3O3/c1-7(2)14-12(17)8(3)15-10-6-4-5-9(13)11(10)16(18)19/h4-8,15H,1-3H3,(H,14,17). The van der Waals surface area contributed by atoms with Gasteiger partial charge in [-0.05, 0) is 32.9 Å². The molecule has 0 spiro atoms. The molecule has 1 unspecified atom stereocenters. The van der Waals surface area contributed by atoms with Crippen LogP contribution in [0.3, 0.4) is 0 Å². The quantitative estimate of drug-likeness (QED) is 0.643. The molecule has 0 heterocycles. The summed E-state index contributed by atoms with van der Waals surface area (Å²) in [6.07, 6.45) is 0. The van der Waals surface area contributed by atoms with Crippen LogP contribution in [-0.4, -0.2) is 22.9 Å². The first-order valence-corrected chi connectivity index (χ1v) is 6.20. The van der Waals surface area contributed by atoms with Gasteiger partial charge in [0.2, 0.25) is 5.91 Å². The minimum absolute atomic E-state index is 0.00565. The van der Waals surface area contributed by atoms with Gasteiger partial charge >= 0.3 is 5.69 Å². The molecule has 2 N–H and O–H groups in total. The summed E-state index contributed by atoms with van der Waals surface area (Å²) in [6.45, 7) is 5.31. The van der Waals surface area contributed by atoms with E-state index in [1.54, 1.807) is 13.0 Å². The van der Waals surface area contributed by atoms with Crippen molar-refractivity contribution in [2.45, 2.75) is 32.9 Å². The fourth-order valence-corrected chi connectivity index (χ4v) is 1.77. The van der Waals surface area contributed by atoms with Crippen molar-refractivity contribution in [1.82, 2.24) is 5.32 Å². The van der Waals surface area contributed by atoms with Gasteiger partial charge in [0.05, 0.1) is 4.92 Å². The van der Waals surface area contributed by atoms with Gasteiger partial charge in [0.1, 0.15) is 16.8 Å². The Morgan fingerprint density at radius 2 is 2.00 bits per heavy atom. The van der Waals surface area contributed by atoms with Gasteiger partial charge < -0.3 is 10.6 Å². The van der Waals surface area contributed by atoms with Crippen LogP contribution in [0.4, 0.5) is 11.4 Å². The van der Waals surface area contributed by atoms with Crippen molar-refractivity contribution in [3.63, 3.8) is 0 Å². The molecular formula is C12H16ClN3O3. The first kappa shape index (κ1) is 15.2. The third-order valence-electron chi connectivity index (χ3n) is 2.37. The number of anilines is 1. The molecule has 1 atom stereocenters. The van der Waals surface area contributed by atoms with Crippen LogP contribution in [0.5, 0.6) is 0 Å². The summed E-state index contributed by atoms with van der Waals surface area (Å²) in [4.78, 5) is 22.1.